The van der Waals surface area contributed by atoms with E-state index in [0.29, 0.717) is 11.5 Å². The lowest BCUT2D eigenvalue weighted by Gasteiger charge is -2.17. The quantitative estimate of drug-likeness (QED) is 0.286. The summed E-state index contributed by atoms with van der Waals surface area (Å²) in [7, 11) is 1.66. The van der Waals surface area contributed by atoms with E-state index < -0.39 is 0 Å². The molecule has 0 bridgehead atoms. The fourth-order valence-corrected chi connectivity index (χ4v) is 3.42. The van der Waals surface area contributed by atoms with Gasteiger partial charge >= 0.3 is 0 Å². The van der Waals surface area contributed by atoms with Crippen LogP contribution in [0, 0.1) is 6.92 Å². The number of benzene rings is 2. The van der Waals surface area contributed by atoms with Crippen molar-refractivity contribution in [2.45, 2.75) is 68.2 Å². The zero-order chi connectivity index (χ0) is 27.3. The van der Waals surface area contributed by atoms with E-state index in [1.807, 2.05) is 110 Å². The molecule has 2 aromatic carbocycles. The van der Waals surface area contributed by atoms with Gasteiger partial charge in [0.25, 0.3) is 0 Å². The van der Waals surface area contributed by atoms with Gasteiger partial charge in [0.2, 0.25) is 0 Å². The molecule has 0 aliphatic carbocycles. The summed E-state index contributed by atoms with van der Waals surface area (Å²) < 4.78 is 11.6. The van der Waals surface area contributed by atoms with Crippen molar-refractivity contribution in [1.82, 2.24) is 0 Å². The van der Waals surface area contributed by atoms with Crippen LogP contribution in [0.25, 0.3) is 6.08 Å². The molecular formula is C32H46N2O2. The van der Waals surface area contributed by atoms with Crippen LogP contribution in [0.5, 0.6) is 17.2 Å². The SMILES string of the molecule is C=N/C=C(\C=C/C)C1=NCCC/C1=C\c1ccc(Oc2cccc(C)c2)c(OC)c1.CC.CC.CC. The molecule has 0 unspecified atom stereocenters. The number of hydrogen-bond donors (Lipinski definition) is 0. The zero-order valence-electron chi connectivity index (χ0n) is 23.9. The molecule has 1 heterocycles. The number of rotatable bonds is 7. The molecule has 4 heteroatoms. The maximum Gasteiger partial charge on any atom is 0.169 e. The van der Waals surface area contributed by atoms with Crippen molar-refractivity contribution in [2.75, 3.05) is 13.7 Å². The highest BCUT2D eigenvalue weighted by Crippen LogP contribution is 2.34. The number of nitrogens with zero attached hydrogens (tertiary/aromatic N) is 2. The van der Waals surface area contributed by atoms with E-state index in [-0.39, 0.29) is 0 Å². The van der Waals surface area contributed by atoms with Crippen LogP contribution in [0.2, 0.25) is 0 Å². The van der Waals surface area contributed by atoms with Gasteiger partial charge in [-0.25, -0.2) is 0 Å². The van der Waals surface area contributed by atoms with Gasteiger partial charge in [0, 0.05) is 18.3 Å². The largest absolute Gasteiger partial charge is 0.493 e. The van der Waals surface area contributed by atoms with Crippen LogP contribution in [-0.2, 0) is 0 Å². The van der Waals surface area contributed by atoms with Crippen molar-refractivity contribution in [3.63, 3.8) is 0 Å². The fourth-order valence-electron chi connectivity index (χ4n) is 3.42. The highest BCUT2D eigenvalue weighted by atomic mass is 16.5. The predicted octanol–water partition coefficient (Wildman–Crippen LogP) is 9.65. The molecule has 0 fully saturated rings. The predicted molar refractivity (Wildman–Crippen MR) is 160 cm³/mol. The molecule has 0 amide bonds. The summed E-state index contributed by atoms with van der Waals surface area (Å²) >= 11 is 0. The molecular weight excluding hydrogens is 444 g/mol. The van der Waals surface area contributed by atoms with Crippen molar-refractivity contribution in [3.05, 3.63) is 83.1 Å². The smallest absolute Gasteiger partial charge is 0.169 e. The Bertz CT molecular complexity index is 1030. The number of ether oxygens (including phenoxy) is 2. The summed E-state index contributed by atoms with van der Waals surface area (Å²) in [5, 5.41) is 0. The Hall–Kier alpha value is -3.40. The van der Waals surface area contributed by atoms with Crippen molar-refractivity contribution < 1.29 is 9.47 Å². The van der Waals surface area contributed by atoms with E-state index in [4.69, 9.17) is 14.5 Å². The van der Waals surface area contributed by atoms with Crippen LogP contribution >= 0.6 is 0 Å². The van der Waals surface area contributed by atoms with Gasteiger partial charge in [-0.15, -0.1) is 0 Å². The molecule has 0 radical (unpaired) electrons. The summed E-state index contributed by atoms with van der Waals surface area (Å²) in [6.45, 7) is 20.4. The van der Waals surface area contributed by atoms with Crippen molar-refractivity contribution in [3.8, 4) is 17.2 Å². The van der Waals surface area contributed by atoms with Gasteiger partial charge in [0.05, 0.1) is 12.8 Å². The average Bonchev–Trinajstić information content (AvgIpc) is 2.93. The van der Waals surface area contributed by atoms with Crippen LogP contribution in [0.15, 0.2) is 81.9 Å². The van der Waals surface area contributed by atoms with E-state index >= 15 is 0 Å². The Balaban J connectivity index is 0.00000190. The first-order valence-electron chi connectivity index (χ1n) is 13.1. The number of allylic oxidation sites excluding steroid dienone is 4. The molecule has 0 saturated heterocycles. The van der Waals surface area contributed by atoms with Crippen LogP contribution in [0.4, 0.5) is 0 Å². The van der Waals surface area contributed by atoms with Crippen molar-refractivity contribution >= 4 is 18.5 Å². The lowest BCUT2D eigenvalue weighted by Crippen LogP contribution is -2.12. The van der Waals surface area contributed by atoms with Gasteiger partial charge in [-0.2, -0.15) is 0 Å². The summed E-state index contributed by atoms with van der Waals surface area (Å²) in [4.78, 5) is 8.70. The molecule has 196 valence electrons. The van der Waals surface area contributed by atoms with Crippen LogP contribution in [0.1, 0.15) is 72.4 Å². The second kappa shape index (κ2) is 19.9. The summed E-state index contributed by atoms with van der Waals surface area (Å²) in [5.41, 5.74) is 5.33. The van der Waals surface area contributed by atoms with Gasteiger partial charge < -0.3 is 9.47 Å². The molecule has 1 aliphatic rings. The molecule has 2 aromatic rings. The van der Waals surface area contributed by atoms with Gasteiger partial charge in [-0.05, 0) is 80.4 Å². The van der Waals surface area contributed by atoms with E-state index in [1.165, 1.54) is 5.57 Å². The molecule has 0 N–H and O–H groups in total. The highest BCUT2D eigenvalue weighted by molar-refractivity contribution is 6.16. The van der Waals surface area contributed by atoms with E-state index in [1.54, 1.807) is 13.3 Å². The Labute approximate surface area is 220 Å². The van der Waals surface area contributed by atoms with Crippen molar-refractivity contribution in [1.29, 1.82) is 0 Å². The number of hydrogen-bond acceptors (Lipinski definition) is 4. The molecule has 0 spiro atoms. The van der Waals surface area contributed by atoms with E-state index in [9.17, 15) is 0 Å². The number of aliphatic imine (C=N–C) groups is 2. The maximum atomic E-state index is 6.04. The van der Waals surface area contributed by atoms with Gasteiger partial charge in [-0.3, -0.25) is 9.98 Å². The molecule has 0 atom stereocenters. The summed E-state index contributed by atoms with van der Waals surface area (Å²) in [6.07, 6.45) is 9.94. The second-order valence-electron chi connectivity index (χ2n) is 7.10. The number of methoxy groups -OCH3 is 1. The second-order valence-corrected chi connectivity index (χ2v) is 7.10. The summed E-state index contributed by atoms with van der Waals surface area (Å²) in [5.74, 6) is 2.17. The van der Waals surface area contributed by atoms with Gasteiger partial charge in [0.1, 0.15) is 5.75 Å². The lowest BCUT2D eigenvalue weighted by atomic mass is 9.94. The Morgan fingerprint density at radius 1 is 1.00 bits per heavy atom. The fraction of sp³-hybridized carbons (Fsp3) is 0.375. The molecule has 0 saturated carbocycles. The normalized spacial score (nSPS) is 13.8. The first-order valence-corrected chi connectivity index (χ1v) is 13.1. The van der Waals surface area contributed by atoms with Crippen LogP contribution < -0.4 is 9.47 Å². The molecule has 1 aliphatic heterocycles. The Morgan fingerprint density at radius 3 is 2.33 bits per heavy atom. The third kappa shape index (κ3) is 10.5. The third-order valence-corrected chi connectivity index (χ3v) is 4.77. The molecule has 36 heavy (non-hydrogen) atoms. The third-order valence-electron chi connectivity index (χ3n) is 4.77. The maximum absolute atomic E-state index is 6.04. The van der Waals surface area contributed by atoms with Gasteiger partial charge in [-0.1, -0.05) is 71.9 Å². The minimum atomic E-state index is 0.688. The minimum Gasteiger partial charge on any atom is -0.493 e. The zero-order valence-corrected chi connectivity index (χ0v) is 23.9. The summed E-state index contributed by atoms with van der Waals surface area (Å²) in [6, 6.07) is 13.9. The standard InChI is InChI=1S/C26H28N2O2.3C2H6/c1-5-8-22(18-27-3)26-21(10-7-14-28-26)16-20-12-13-24(25(17-20)29-4)30-23-11-6-9-19(2)15-23;3*1-2/h5-6,8-9,11-13,15-18H,3,7,10,14H2,1-2,4H3;3*1-2H3/b8-5-,21-16+,22-18+;;;. The number of aryl methyl sites for hydroxylation is 1. The Kier molecular flexibility index (Phi) is 18.0. The van der Waals surface area contributed by atoms with Crippen LogP contribution in [-0.4, -0.2) is 26.1 Å². The van der Waals surface area contributed by atoms with E-state index in [0.717, 1.165) is 47.5 Å². The average molecular weight is 491 g/mol. The van der Waals surface area contributed by atoms with Crippen LogP contribution in [0.3, 0.4) is 0 Å². The first-order chi connectivity index (χ1) is 17.6. The lowest BCUT2D eigenvalue weighted by molar-refractivity contribution is 0.378. The first kappa shape index (κ1) is 32.6. The topological polar surface area (TPSA) is 43.2 Å². The molecule has 4 nitrogen and oxygen atoms in total. The molecule has 0 aromatic heterocycles. The van der Waals surface area contributed by atoms with E-state index in [2.05, 4.69) is 17.8 Å². The van der Waals surface area contributed by atoms with Crippen molar-refractivity contribution in [2.24, 2.45) is 9.98 Å². The highest BCUT2D eigenvalue weighted by Gasteiger charge is 2.15. The van der Waals surface area contributed by atoms with Gasteiger partial charge in [0.15, 0.2) is 11.5 Å². The molecule has 3 rings (SSSR count). The minimum absolute atomic E-state index is 0.688. The Morgan fingerprint density at radius 2 is 1.72 bits per heavy atom. The monoisotopic (exact) mass is 490 g/mol.